The molecule has 1 aliphatic rings. The minimum Gasteiger partial charge on any atom is -0.480 e. The Kier molecular flexibility index (Phi) is 3.91. The molecule has 1 saturated heterocycles. The Labute approximate surface area is 153 Å². The second-order valence-corrected chi connectivity index (χ2v) is 6.45. The number of carbonyl (C=O) groups is 2. The average Bonchev–Trinajstić information content (AvgIpc) is 3.25. The molecule has 4 rings (SSSR count). The predicted molar refractivity (Wildman–Crippen MR) is 97.2 cm³/mol. The fraction of sp³-hybridized carbons (Fsp3) is 0.222. The molecule has 0 unspecified atom stereocenters. The average molecular weight is 367 g/mol. The fourth-order valence-electron chi connectivity index (χ4n) is 3.68. The Morgan fingerprint density at radius 1 is 1.15 bits per heavy atom. The topological polar surface area (TPSA) is 135 Å². The minimum atomic E-state index is -1.25. The summed E-state index contributed by atoms with van der Waals surface area (Å²) in [6.45, 7) is 0.0637. The van der Waals surface area contributed by atoms with E-state index < -0.39 is 18.1 Å². The van der Waals surface area contributed by atoms with Crippen molar-refractivity contribution in [2.75, 3.05) is 12.3 Å². The molecule has 1 fully saturated rings. The van der Waals surface area contributed by atoms with Gasteiger partial charge in [0, 0.05) is 24.7 Å². The number of hydrogen-bond acceptors (Lipinski definition) is 5. The number of carboxylic acids is 1. The summed E-state index contributed by atoms with van der Waals surface area (Å²) in [6.07, 6.45) is 2.10. The van der Waals surface area contributed by atoms with E-state index in [0.717, 1.165) is 16.0 Å². The Balaban J connectivity index is 1.85. The van der Waals surface area contributed by atoms with E-state index in [9.17, 15) is 19.8 Å². The van der Waals surface area contributed by atoms with Crippen LogP contribution in [0.2, 0.25) is 0 Å². The van der Waals surface area contributed by atoms with Crippen molar-refractivity contribution in [1.29, 1.82) is 0 Å². The number of likely N-dealkylation sites (tertiary alicyclic amines) is 1. The molecule has 138 valence electrons. The van der Waals surface area contributed by atoms with E-state index in [0.29, 0.717) is 16.9 Å². The van der Waals surface area contributed by atoms with Gasteiger partial charge >= 0.3 is 12.1 Å². The van der Waals surface area contributed by atoms with Crippen LogP contribution in [0, 0.1) is 0 Å². The van der Waals surface area contributed by atoms with Crippen molar-refractivity contribution in [2.45, 2.75) is 18.5 Å². The van der Waals surface area contributed by atoms with Crippen molar-refractivity contribution >= 4 is 28.9 Å². The third kappa shape index (κ3) is 2.73. The molecule has 2 atom stereocenters. The number of nitrogen functional groups attached to an aromatic ring is 1. The van der Waals surface area contributed by atoms with E-state index in [1.54, 1.807) is 0 Å². The molecule has 9 nitrogen and oxygen atoms in total. The highest BCUT2D eigenvalue weighted by Gasteiger charge is 2.41. The number of anilines is 1. The van der Waals surface area contributed by atoms with Gasteiger partial charge in [-0.25, -0.2) is 19.6 Å². The summed E-state index contributed by atoms with van der Waals surface area (Å²) in [7, 11) is 0. The number of amides is 1. The van der Waals surface area contributed by atoms with Gasteiger partial charge in [-0.3, -0.25) is 4.90 Å². The molecular weight excluding hydrogens is 350 g/mol. The van der Waals surface area contributed by atoms with E-state index in [4.69, 9.17) is 5.73 Å². The van der Waals surface area contributed by atoms with Crippen LogP contribution in [0.25, 0.3) is 22.2 Å². The molecule has 27 heavy (non-hydrogen) atoms. The predicted octanol–water partition coefficient (Wildman–Crippen LogP) is 2.06. The first-order valence-electron chi connectivity index (χ1n) is 8.36. The van der Waals surface area contributed by atoms with Crippen LogP contribution in [-0.2, 0) is 4.79 Å². The fourth-order valence-corrected chi connectivity index (χ4v) is 3.68. The summed E-state index contributed by atoms with van der Waals surface area (Å²) in [5, 5.41) is 19.4. The van der Waals surface area contributed by atoms with E-state index >= 15 is 0 Å². The molecule has 0 bridgehead atoms. The standard InChI is InChI=1S/C18H17N5O4/c19-15-14-12(10-4-2-1-3-5-10)8-22(16(14)21-9-20-15)11-6-13(17(24)25)23(7-11)18(26)27/h1-5,8-9,11,13H,6-7H2,(H,24,25)(H,26,27)(H2,19,20,21)/t11-,13-/m1/s1. The van der Waals surface area contributed by atoms with Crippen LogP contribution in [-0.4, -0.2) is 54.3 Å². The maximum absolute atomic E-state index is 11.5. The number of hydrogen-bond donors (Lipinski definition) is 3. The van der Waals surface area contributed by atoms with Crippen molar-refractivity contribution in [3.8, 4) is 11.1 Å². The maximum Gasteiger partial charge on any atom is 0.408 e. The lowest BCUT2D eigenvalue weighted by Crippen LogP contribution is -2.39. The van der Waals surface area contributed by atoms with Gasteiger partial charge in [-0.05, 0) is 5.56 Å². The number of benzene rings is 1. The highest BCUT2D eigenvalue weighted by atomic mass is 16.4. The highest BCUT2D eigenvalue weighted by Crippen LogP contribution is 2.37. The smallest absolute Gasteiger partial charge is 0.408 e. The molecule has 2 aromatic heterocycles. The van der Waals surface area contributed by atoms with Gasteiger partial charge in [0.05, 0.1) is 11.4 Å². The van der Waals surface area contributed by atoms with Crippen molar-refractivity contribution in [3.63, 3.8) is 0 Å². The third-order valence-corrected chi connectivity index (χ3v) is 4.93. The van der Waals surface area contributed by atoms with Crippen LogP contribution >= 0.6 is 0 Å². The van der Waals surface area contributed by atoms with Crippen LogP contribution in [0.15, 0.2) is 42.9 Å². The van der Waals surface area contributed by atoms with Gasteiger partial charge in [0.2, 0.25) is 0 Å². The van der Waals surface area contributed by atoms with E-state index in [1.807, 2.05) is 41.1 Å². The minimum absolute atomic E-state index is 0.0637. The molecule has 0 spiro atoms. The number of nitrogens with zero attached hydrogens (tertiary/aromatic N) is 4. The third-order valence-electron chi connectivity index (χ3n) is 4.93. The molecule has 0 saturated carbocycles. The summed E-state index contributed by atoms with van der Waals surface area (Å²) >= 11 is 0. The molecule has 4 N–H and O–H groups in total. The van der Waals surface area contributed by atoms with E-state index in [2.05, 4.69) is 9.97 Å². The van der Waals surface area contributed by atoms with Gasteiger partial charge in [0.25, 0.3) is 0 Å². The first-order chi connectivity index (χ1) is 13.0. The lowest BCUT2D eigenvalue weighted by Gasteiger charge is -2.17. The van der Waals surface area contributed by atoms with Gasteiger partial charge in [-0.1, -0.05) is 30.3 Å². The number of nitrogens with two attached hydrogens (primary N) is 1. The summed E-state index contributed by atoms with van der Waals surface area (Å²) in [5.41, 5.74) is 8.40. The number of fused-ring (bicyclic) bond motifs is 1. The van der Waals surface area contributed by atoms with Gasteiger partial charge < -0.3 is 20.5 Å². The number of carboxylic acid groups (broad SMARTS) is 2. The first kappa shape index (κ1) is 16.8. The Bertz CT molecular complexity index is 1010. The zero-order valence-electron chi connectivity index (χ0n) is 14.2. The van der Waals surface area contributed by atoms with Gasteiger partial charge in [0.15, 0.2) is 0 Å². The molecule has 3 heterocycles. The lowest BCUT2D eigenvalue weighted by molar-refractivity contribution is -0.141. The second kappa shape index (κ2) is 6.27. The molecule has 1 amide bonds. The number of rotatable bonds is 3. The zero-order valence-corrected chi connectivity index (χ0v) is 14.2. The summed E-state index contributed by atoms with van der Waals surface area (Å²) in [6, 6.07) is 8.12. The van der Waals surface area contributed by atoms with Gasteiger partial charge in [0.1, 0.15) is 23.8 Å². The Morgan fingerprint density at radius 3 is 2.52 bits per heavy atom. The summed E-state index contributed by atoms with van der Waals surface area (Å²) < 4.78 is 1.81. The lowest BCUT2D eigenvalue weighted by atomic mass is 10.1. The SMILES string of the molecule is Nc1ncnc2c1c(-c1ccccc1)cn2[C@@H]1C[C@H](C(=O)O)N(C(=O)O)C1. The molecule has 0 aliphatic carbocycles. The number of aliphatic carboxylic acids is 1. The van der Waals surface area contributed by atoms with E-state index in [1.165, 1.54) is 6.33 Å². The Morgan fingerprint density at radius 2 is 1.89 bits per heavy atom. The first-order valence-corrected chi connectivity index (χ1v) is 8.36. The molecule has 1 aliphatic heterocycles. The highest BCUT2D eigenvalue weighted by molar-refractivity contribution is 6.00. The van der Waals surface area contributed by atoms with Crippen LogP contribution in [0.1, 0.15) is 12.5 Å². The molecule has 3 aromatic rings. The molecule has 0 radical (unpaired) electrons. The van der Waals surface area contributed by atoms with Gasteiger partial charge in [-0.2, -0.15) is 0 Å². The normalized spacial score (nSPS) is 19.5. The van der Waals surface area contributed by atoms with Crippen molar-refractivity contribution in [3.05, 3.63) is 42.9 Å². The Hall–Kier alpha value is -3.62. The molecular formula is C18H17N5O4. The zero-order chi connectivity index (χ0) is 19.1. The quantitative estimate of drug-likeness (QED) is 0.645. The molecule has 1 aromatic carbocycles. The number of aromatic nitrogens is 3. The van der Waals surface area contributed by atoms with Crippen LogP contribution in [0.5, 0.6) is 0 Å². The largest absolute Gasteiger partial charge is 0.480 e. The monoisotopic (exact) mass is 367 g/mol. The van der Waals surface area contributed by atoms with Crippen LogP contribution in [0.4, 0.5) is 10.6 Å². The maximum atomic E-state index is 11.5. The van der Waals surface area contributed by atoms with E-state index in [-0.39, 0.29) is 19.0 Å². The van der Waals surface area contributed by atoms with Crippen molar-refractivity contribution in [2.24, 2.45) is 0 Å². The summed E-state index contributed by atoms with van der Waals surface area (Å²) in [4.78, 5) is 32.3. The van der Waals surface area contributed by atoms with Crippen LogP contribution < -0.4 is 5.73 Å². The van der Waals surface area contributed by atoms with Crippen LogP contribution in [0.3, 0.4) is 0 Å². The van der Waals surface area contributed by atoms with Gasteiger partial charge in [-0.15, -0.1) is 0 Å². The van der Waals surface area contributed by atoms with Crippen molar-refractivity contribution < 1.29 is 19.8 Å². The second-order valence-electron chi connectivity index (χ2n) is 6.45. The molecule has 9 heteroatoms. The van der Waals surface area contributed by atoms with Crippen molar-refractivity contribution in [1.82, 2.24) is 19.4 Å². The summed E-state index contributed by atoms with van der Waals surface area (Å²) in [5.74, 6) is -0.839.